The van der Waals surface area contributed by atoms with E-state index in [9.17, 15) is 14.4 Å². The molecule has 0 saturated carbocycles. The molecule has 3 heterocycles. The molecule has 110 valence electrons. The van der Waals surface area contributed by atoms with Crippen molar-refractivity contribution < 1.29 is 19.1 Å². The van der Waals surface area contributed by atoms with Crippen LogP contribution in [0.2, 0.25) is 0 Å². The number of carbonyl (C=O) groups excluding carboxylic acids is 3. The van der Waals surface area contributed by atoms with Gasteiger partial charge in [-0.25, -0.2) is 14.7 Å². The largest absolute Gasteiger partial charge is 0.439 e. The van der Waals surface area contributed by atoms with Crippen molar-refractivity contribution >= 4 is 17.9 Å². The molecule has 0 N–H and O–H groups in total. The van der Waals surface area contributed by atoms with E-state index in [0.717, 1.165) is 10.6 Å². The van der Waals surface area contributed by atoms with Gasteiger partial charge >= 0.3 is 6.09 Å². The molecule has 8 heteroatoms. The summed E-state index contributed by atoms with van der Waals surface area (Å²) in [6.45, 7) is 2.34. The molecule has 0 aromatic carbocycles. The molecule has 1 aromatic heterocycles. The Bertz CT molecular complexity index is 585. The van der Waals surface area contributed by atoms with Gasteiger partial charge in [0, 0.05) is 19.3 Å². The van der Waals surface area contributed by atoms with Crippen LogP contribution in [0.25, 0.3) is 0 Å². The predicted octanol–water partition coefficient (Wildman–Crippen LogP) is -0.0217. The van der Waals surface area contributed by atoms with Gasteiger partial charge in [0.05, 0.1) is 17.9 Å². The fraction of sp³-hybridized carbons (Fsp3) is 0.462. The third kappa shape index (κ3) is 2.44. The van der Waals surface area contributed by atoms with Crippen molar-refractivity contribution in [1.29, 1.82) is 0 Å². The first kappa shape index (κ1) is 13.5. The van der Waals surface area contributed by atoms with E-state index in [1.54, 1.807) is 11.8 Å². The molecule has 0 aliphatic carbocycles. The highest BCUT2D eigenvalue weighted by Crippen LogP contribution is 2.21. The number of carbonyl (C=O) groups is 3. The smallest absolute Gasteiger partial charge is 0.417 e. The molecule has 1 atom stereocenters. The van der Waals surface area contributed by atoms with E-state index in [1.165, 1.54) is 12.4 Å². The highest BCUT2D eigenvalue weighted by atomic mass is 16.6. The van der Waals surface area contributed by atoms with Crippen LogP contribution in [0.3, 0.4) is 0 Å². The molecular formula is C13H14N4O4. The van der Waals surface area contributed by atoms with Crippen LogP contribution in [0.4, 0.5) is 4.79 Å². The number of rotatable bonds is 2. The second-order valence-electron chi connectivity index (χ2n) is 5.06. The average molecular weight is 290 g/mol. The predicted molar refractivity (Wildman–Crippen MR) is 69.3 cm³/mol. The topological polar surface area (TPSA) is 92.7 Å². The quantitative estimate of drug-likeness (QED) is 0.760. The first-order valence-corrected chi connectivity index (χ1v) is 6.63. The van der Waals surface area contributed by atoms with E-state index in [1.807, 2.05) is 0 Å². The van der Waals surface area contributed by atoms with E-state index in [4.69, 9.17) is 4.74 Å². The maximum atomic E-state index is 12.3. The third-order valence-corrected chi connectivity index (χ3v) is 3.60. The molecule has 0 spiro atoms. The summed E-state index contributed by atoms with van der Waals surface area (Å²) in [5, 5.41) is 0. The van der Waals surface area contributed by atoms with E-state index in [-0.39, 0.29) is 30.2 Å². The molecular weight excluding hydrogens is 276 g/mol. The maximum Gasteiger partial charge on any atom is 0.417 e. The zero-order valence-corrected chi connectivity index (χ0v) is 11.5. The molecule has 2 aliphatic heterocycles. The number of cyclic esters (lactones) is 1. The van der Waals surface area contributed by atoms with Crippen molar-refractivity contribution in [1.82, 2.24) is 19.8 Å². The zero-order chi connectivity index (χ0) is 15.0. The second-order valence-corrected chi connectivity index (χ2v) is 5.06. The van der Waals surface area contributed by atoms with Crippen molar-refractivity contribution in [3.63, 3.8) is 0 Å². The van der Waals surface area contributed by atoms with E-state index in [0.29, 0.717) is 19.5 Å². The van der Waals surface area contributed by atoms with Gasteiger partial charge < -0.3 is 9.64 Å². The van der Waals surface area contributed by atoms with Gasteiger partial charge in [0.1, 0.15) is 5.69 Å². The minimum absolute atomic E-state index is 0.216. The fourth-order valence-electron chi connectivity index (χ4n) is 2.52. The fourth-order valence-corrected chi connectivity index (χ4v) is 2.52. The van der Waals surface area contributed by atoms with E-state index >= 15 is 0 Å². The number of likely N-dealkylation sites (tertiary alicyclic amines) is 1. The molecule has 0 bridgehead atoms. The highest BCUT2D eigenvalue weighted by molar-refractivity contribution is 5.98. The first-order chi connectivity index (χ1) is 10.1. The average Bonchev–Trinajstić information content (AvgIpc) is 3.06. The first-order valence-electron chi connectivity index (χ1n) is 6.63. The van der Waals surface area contributed by atoms with Gasteiger partial charge in [0.25, 0.3) is 11.8 Å². The normalized spacial score (nSPS) is 21.9. The summed E-state index contributed by atoms with van der Waals surface area (Å²) >= 11 is 0. The Hall–Kier alpha value is -2.51. The molecule has 21 heavy (non-hydrogen) atoms. The Labute approximate surface area is 120 Å². The van der Waals surface area contributed by atoms with Gasteiger partial charge in [-0.2, -0.15) is 0 Å². The molecule has 1 unspecified atom stereocenters. The molecule has 8 nitrogen and oxygen atoms in total. The summed E-state index contributed by atoms with van der Waals surface area (Å²) in [5.74, 6) is -0.598. The number of nitrogens with zero attached hydrogens (tertiary/aromatic N) is 4. The van der Waals surface area contributed by atoms with Gasteiger partial charge in [0.15, 0.2) is 6.61 Å². The lowest BCUT2D eigenvalue weighted by atomic mass is 10.2. The van der Waals surface area contributed by atoms with Crippen LogP contribution in [0.15, 0.2) is 12.4 Å². The highest BCUT2D eigenvalue weighted by Gasteiger charge is 2.41. The van der Waals surface area contributed by atoms with Crippen molar-refractivity contribution in [3.8, 4) is 0 Å². The van der Waals surface area contributed by atoms with Crippen LogP contribution in [-0.4, -0.2) is 63.4 Å². The summed E-state index contributed by atoms with van der Waals surface area (Å²) in [6, 6.07) is -0.324. The number of amides is 3. The monoisotopic (exact) mass is 290 g/mol. The number of ether oxygens (including phenoxy) is 1. The number of hydrogen-bond donors (Lipinski definition) is 0. The van der Waals surface area contributed by atoms with Crippen LogP contribution in [-0.2, 0) is 9.53 Å². The number of aromatic nitrogens is 2. The van der Waals surface area contributed by atoms with Gasteiger partial charge in [-0.1, -0.05) is 0 Å². The van der Waals surface area contributed by atoms with Crippen molar-refractivity contribution in [2.45, 2.75) is 19.4 Å². The van der Waals surface area contributed by atoms with E-state index in [2.05, 4.69) is 9.97 Å². The molecule has 2 saturated heterocycles. The van der Waals surface area contributed by atoms with Gasteiger partial charge in [-0.3, -0.25) is 14.6 Å². The lowest BCUT2D eigenvalue weighted by Gasteiger charge is -2.20. The molecule has 2 fully saturated rings. The summed E-state index contributed by atoms with van der Waals surface area (Å²) < 4.78 is 4.70. The Kier molecular flexibility index (Phi) is 3.28. The summed E-state index contributed by atoms with van der Waals surface area (Å²) in [4.78, 5) is 46.2. The second kappa shape index (κ2) is 5.12. The number of hydrogen-bond acceptors (Lipinski definition) is 6. The summed E-state index contributed by atoms with van der Waals surface area (Å²) in [6.07, 6.45) is 2.88. The molecule has 3 amide bonds. The molecule has 1 aromatic rings. The lowest BCUT2D eigenvalue weighted by molar-refractivity contribution is -0.127. The summed E-state index contributed by atoms with van der Waals surface area (Å²) in [5.41, 5.74) is 0.993. The minimum atomic E-state index is -0.630. The van der Waals surface area contributed by atoms with Crippen molar-refractivity contribution in [2.24, 2.45) is 0 Å². The van der Waals surface area contributed by atoms with Crippen LogP contribution in [0, 0.1) is 6.92 Å². The summed E-state index contributed by atoms with van der Waals surface area (Å²) in [7, 11) is 0. The lowest BCUT2D eigenvalue weighted by Crippen LogP contribution is -2.42. The van der Waals surface area contributed by atoms with Crippen molar-refractivity contribution in [2.75, 3.05) is 19.7 Å². The van der Waals surface area contributed by atoms with Crippen LogP contribution in [0.5, 0.6) is 0 Å². The molecule has 3 rings (SSSR count). The van der Waals surface area contributed by atoms with Gasteiger partial charge in [0.2, 0.25) is 0 Å². The van der Waals surface area contributed by atoms with E-state index < -0.39 is 6.09 Å². The Morgan fingerprint density at radius 2 is 2.14 bits per heavy atom. The van der Waals surface area contributed by atoms with Gasteiger partial charge in [-0.15, -0.1) is 0 Å². The maximum absolute atomic E-state index is 12.3. The number of imide groups is 1. The Morgan fingerprint density at radius 3 is 2.76 bits per heavy atom. The zero-order valence-electron chi connectivity index (χ0n) is 11.5. The van der Waals surface area contributed by atoms with Crippen molar-refractivity contribution in [3.05, 3.63) is 23.8 Å². The minimum Gasteiger partial charge on any atom is -0.439 e. The Balaban J connectivity index is 1.69. The number of aryl methyl sites for hydroxylation is 1. The molecule has 0 radical (unpaired) electrons. The third-order valence-electron chi connectivity index (χ3n) is 3.60. The molecule has 2 aliphatic rings. The standard InChI is InChI=1S/C13H14N4O4/c1-8-4-15-10(5-14-8)12(19)16-3-2-9(6-16)17-11(18)7-21-13(17)20/h4-5,9H,2-3,6-7H2,1H3. The van der Waals surface area contributed by atoms with Crippen LogP contribution >= 0.6 is 0 Å². The van der Waals surface area contributed by atoms with Crippen LogP contribution < -0.4 is 0 Å². The van der Waals surface area contributed by atoms with Gasteiger partial charge in [-0.05, 0) is 13.3 Å². The Morgan fingerprint density at radius 1 is 1.33 bits per heavy atom. The SMILES string of the molecule is Cc1cnc(C(=O)N2CCC(N3C(=O)COC3=O)C2)cn1. The van der Waals surface area contributed by atoms with Crippen LogP contribution in [0.1, 0.15) is 22.6 Å².